The molecule has 114 valence electrons. The number of aromatic nitrogens is 2. The van der Waals surface area contributed by atoms with Crippen molar-refractivity contribution in [1.29, 1.82) is 0 Å². The number of rotatable bonds is 4. The van der Waals surface area contributed by atoms with Gasteiger partial charge in [0.25, 0.3) is 0 Å². The van der Waals surface area contributed by atoms with Crippen molar-refractivity contribution in [1.82, 2.24) is 9.97 Å². The van der Waals surface area contributed by atoms with Crippen LogP contribution in [0.4, 0.5) is 11.5 Å². The standard InChI is InChI=1S/C15H16N4O3/c1-11-2-8-17-15(14(11)19(20)21)18-9-5-13(10-18)22-12-3-6-16-7-4-12/h2-4,6-8,13H,5,9-10H2,1H3/t13-/m0/s1. The van der Waals surface area contributed by atoms with E-state index in [-0.39, 0.29) is 16.7 Å². The van der Waals surface area contributed by atoms with E-state index in [2.05, 4.69) is 9.97 Å². The summed E-state index contributed by atoms with van der Waals surface area (Å²) in [6.45, 7) is 3.00. The van der Waals surface area contributed by atoms with Crippen LogP contribution in [0.1, 0.15) is 12.0 Å². The molecule has 0 aromatic carbocycles. The maximum Gasteiger partial charge on any atom is 0.314 e. The van der Waals surface area contributed by atoms with E-state index in [0.717, 1.165) is 12.2 Å². The Kier molecular flexibility index (Phi) is 3.86. The molecule has 1 fully saturated rings. The van der Waals surface area contributed by atoms with E-state index in [1.165, 1.54) is 0 Å². The van der Waals surface area contributed by atoms with E-state index in [1.54, 1.807) is 43.7 Å². The second-order valence-electron chi connectivity index (χ2n) is 5.21. The molecule has 0 saturated carbocycles. The number of pyridine rings is 2. The molecule has 0 bridgehead atoms. The molecule has 2 aromatic heterocycles. The third-order valence-electron chi connectivity index (χ3n) is 3.69. The predicted octanol–water partition coefficient (Wildman–Crippen LogP) is 2.35. The highest BCUT2D eigenvalue weighted by Crippen LogP contribution is 2.31. The Morgan fingerprint density at radius 3 is 2.82 bits per heavy atom. The first-order valence-electron chi connectivity index (χ1n) is 7.07. The number of anilines is 1. The molecule has 0 N–H and O–H groups in total. The van der Waals surface area contributed by atoms with Crippen LogP contribution in [0, 0.1) is 17.0 Å². The Hall–Kier alpha value is -2.70. The zero-order chi connectivity index (χ0) is 15.5. The van der Waals surface area contributed by atoms with Crippen molar-refractivity contribution >= 4 is 11.5 Å². The van der Waals surface area contributed by atoms with Gasteiger partial charge in [-0.3, -0.25) is 15.1 Å². The van der Waals surface area contributed by atoms with Crippen molar-refractivity contribution < 1.29 is 9.66 Å². The second-order valence-corrected chi connectivity index (χ2v) is 5.21. The summed E-state index contributed by atoms with van der Waals surface area (Å²) in [5, 5.41) is 11.3. The van der Waals surface area contributed by atoms with Crippen LogP contribution in [0.2, 0.25) is 0 Å². The van der Waals surface area contributed by atoms with Gasteiger partial charge < -0.3 is 9.64 Å². The molecule has 3 heterocycles. The summed E-state index contributed by atoms with van der Waals surface area (Å²) < 4.78 is 5.88. The van der Waals surface area contributed by atoms with Gasteiger partial charge >= 0.3 is 5.69 Å². The van der Waals surface area contributed by atoms with E-state index in [9.17, 15) is 10.1 Å². The SMILES string of the molecule is Cc1ccnc(N2CC[C@H](Oc3ccncc3)C2)c1[N+](=O)[O-]. The van der Waals surface area contributed by atoms with E-state index in [4.69, 9.17) is 4.74 Å². The van der Waals surface area contributed by atoms with Gasteiger partial charge in [0.15, 0.2) is 0 Å². The molecule has 0 radical (unpaired) electrons. The van der Waals surface area contributed by atoms with Crippen molar-refractivity contribution in [2.24, 2.45) is 0 Å². The molecule has 0 spiro atoms. The minimum absolute atomic E-state index is 0.00989. The molecule has 0 unspecified atom stereocenters. The molecule has 22 heavy (non-hydrogen) atoms. The first-order valence-corrected chi connectivity index (χ1v) is 7.07. The lowest BCUT2D eigenvalue weighted by Crippen LogP contribution is -2.26. The largest absolute Gasteiger partial charge is 0.488 e. The van der Waals surface area contributed by atoms with Crippen LogP contribution in [-0.4, -0.2) is 34.1 Å². The number of nitro groups is 1. The Morgan fingerprint density at radius 2 is 2.09 bits per heavy atom. The third kappa shape index (κ3) is 2.83. The molecular formula is C15H16N4O3. The Bertz CT molecular complexity index is 678. The number of nitrogens with zero attached hydrogens (tertiary/aromatic N) is 4. The molecule has 7 nitrogen and oxygen atoms in total. The molecule has 1 aliphatic rings. The van der Waals surface area contributed by atoms with Gasteiger partial charge in [-0.2, -0.15) is 0 Å². The number of aryl methyl sites for hydroxylation is 1. The van der Waals surface area contributed by atoms with Gasteiger partial charge in [-0.25, -0.2) is 4.98 Å². The van der Waals surface area contributed by atoms with Crippen molar-refractivity contribution in [3.63, 3.8) is 0 Å². The highest BCUT2D eigenvalue weighted by atomic mass is 16.6. The summed E-state index contributed by atoms with van der Waals surface area (Å²) >= 11 is 0. The van der Waals surface area contributed by atoms with E-state index < -0.39 is 0 Å². The summed E-state index contributed by atoms with van der Waals surface area (Å²) in [4.78, 5) is 21.0. The number of ether oxygens (including phenoxy) is 1. The molecule has 1 atom stereocenters. The van der Waals surface area contributed by atoms with E-state index >= 15 is 0 Å². The van der Waals surface area contributed by atoms with Crippen molar-refractivity contribution in [2.45, 2.75) is 19.4 Å². The lowest BCUT2D eigenvalue weighted by Gasteiger charge is -2.18. The minimum atomic E-state index is -0.366. The van der Waals surface area contributed by atoms with Gasteiger partial charge in [0.2, 0.25) is 5.82 Å². The fourth-order valence-corrected chi connectivity index (χ4v) is 2.62. The molecule has 1 aliphatic heterocycles. The first kappa shape index (κ1) is 14.2. The fourth-order valence-electron chi connectivity index (χ4n) is 2.62. The monoisotopic (exact) mass is 300 g/mol. The normalized spacial score (nSPS) is 17.5. The fraction of sp³-hybridized carbons (Fsp3) is 0.333. The lowest BCUT2D eigenvalue weighted by atomic mass is 10.2. The molecule has 0 aliphatic carbocycles. The average Bonchev–Trinajstić information content (AvgIpc) is 2.96. The molecular weight excluding hydrogens is 284 g/mol. The van der Waals surface area contributed by atoms with Gasteiger partial charge in [-0.1, -0.05) is 0 Å². The van der Waals surface area contributed by atoms with Gasteiger partial charge in [0, 0.05) is 37.1 Å². The molecule has 0 amide bonds. The van der Waals surface area contributed by atoms with Crippen molar-refractivity contribution in [3.8, 4) is 5.75 Å². The van der Waals surface area contributed by atoms with Crippen LogP contribution in [0.15, 0.2) is 36.8 Å². The van der Waals surface area contributed by atoms with E-state index in [1.807, 2.05) is 4.90 Å². The van der Waals surface area contributed by atoms with Crippen molar-refractivity contribution in [2.75, 3.05) is 18.0 Å². The number of hydrogen-bond donors (Lipinski definition) is 0. The maximum absolute atomic E-state index is 11.3. The van der Waals surface area contributed by atoms with Gasteiger partial charge in [0.1, 0.15) is 11.9 Å². The smallest absolute Gasteiger partial charge is 0.314 e. The Labute approximate surface area is 127 Å². The second kappa shape index (κ2) is 5.97. The van der Waals surface area contributed by atoms with Crippen LogP contribution in [0.5, 0.6) is 5.75 Å². The molecule has 2 aromatic rings. The summed E-state index contributed by atoms with van der Waals surface area (Å²) in [6.07, 6.45) is 5.75. The highest BCUT2D eigenvalue weighted by Gasteiger charge is 2.30. The maximum atomic E-state index is 11.3. The predicted molar refractivity (Wildman–Crippen MR) is 81.1 cm³/mol. The summed E-state index contributed by atoms with van der Waals surface area (Å²) in [7, 11) is 0. The first-order chi connectivity index (χ1) is 10.6. The molecule has 3 rings (SSSR count). The summed E-state index contributed by atoms with van der Waals surface area (Å²) in [5.41, 5.74) is 0.695. The Balaban J connectivity index is 1.76. The van der Waals surface area contributed by atoms with Crippen LogP contribution in [-0.2, 0) is 0 Å². The molecule has 1 saturated heterocycles. The van der Waals surface area contributed by atoms with Gasteiger partial charge in [-0.15, -0.1) is 0 Å². The van der Waals surface area contributed by atoms with Crippen LogP contribution >= 0.6 is 0 Å². The van der Waals surface area contributed by atoms with Crippen LogP contribution in [0.3, 0.4) is 0 Å². The third-order valence-corrected chi connectivity index (χ3v) is 3.69. The lowest BCUT2D eigenvalue weighted by molar-refractivity contribution is -0.384. The van der Waals surface area contributed by atoms with Crippen molar-refractivity contribution in [3.05, 3.63) is 52.5 Å². The van der Waals surface area contributed by atoms with Crippen LogP contribution in [0.25, 0.3) is 0 Å². The zero-order valence-corrected chi connectivity index (χ0v) is 12.2. The van der Waals surface area contributed by atoms with Gasteiger partial charge in [0.05, 0.1) is 11.5 Å². The quantitative estimate of drug-likeness (QED) is 0.637. The zero-order valence-electron chi connectivity index (χ0n) is 12.2. The molecule has 7 heteroatoms. The summed E-state index contributed by atoms with van der Waals surface area (Å²) in [6, 6.07) is 5.26. The van der Waals surface area contributed by atoms with Crippen LogP contribution < -0.4 is 9.64 Å². The topological polar surface area (TPSA) is 81.4 Å². The average molecular weight is 300 g/mol. The van der Waals surface area contributed by atoms with E-state index in [0.29, 0.717) is 24.5 Å². The summed E-state index contributed by atoms with van der Waals surface area (Å²) in [5.74, 6) is 1.18. The highest BCUT2D eigenvalue weighted by molar-refractivity contribution is 5.62. The Morgan fingerprint density at radius 1 is 1.32 bits per heavy atom. The minimum Gasteiger partial charge on any atom is -0.488 e. The van der Waals surface area contributed by atoms with Gasteiger partial charge in [-0.05, 0) is 25.1 Å². The number of hydrogen-bond acceptors (Lipinski definition) is 6.